The Bertz CT molecular complexity index is 1040. The molecule has 0 aliphatic carbocycles. The van der Waals surface area contributed by atoms with Crippen LogP contribution in [0.2, 0.25) is 0 Å². The van der Waals surface area contributed by atoms with E-state index in [1.807, 2.05) is 60.0 Å². The molecule has 0 unspecified atom stereocenters. The largest absolute Gasteiger partial charge is 0.350 e. The maximum absolute atomic E-state index is 12.5. The van der Waals surface area contributed by atoms with Gasteiger partial charge in [0, 0.05) is 21.8 Å². The third-order valence-corrected chi connectivity index (χ3v) is 5.64. The van der Waals surface area contributed by atoms with E-state index in [0.29, 0.717) is 12.2 Å². The second-order valence-electron chi connectivity index (χ2n) is 5.55. The number of fused-ring (bicyclic) bond motifs is 1. The Kier molecular flexibility index (Phi) is 4.38. The number of hydrogen-bond donors (Lipinski definition) is 2. The molecule has 2 N–H and O–H groups in total. The number of thiazole rings is 1. The van der Waals surface area contributed by atoms with Crippen LogP contribution in [-0.4, -0.2) is 15.9 Å². The van der Waals surface area contributed by atoms with Crippen molar-refractivity contribution in [3.63, 3.8) is 0 Å². The highest BCUT2D eigenvalue weighted by Gasteiger charge is 2.16. The van der Waals surface area contributed by atoms with Gasteiger partial charge < -0.3 is 10.3 Å². The molecule has 0 saturated heterocycles. The van der Waals surface area contributed by atoms with Crippen LogP contribution in [0.15, 0.2) is 64.5 Å². The van der Waals surface area contributed by atoms with Gasteiger partial charge in [-0.05, 0) is 22.0 Å². The van der Waals surface area contributed by atoms with Gasteiger partial charge in [-0.15, -0.1) is 11.3 Å². The monoisotopic (exact) mass is 411 g/mol. The summed E-state index contributed by atoms with van der Waals surface area (Å²) in [5.41, 5.74) is 3.40. The van der Waals surface area contributed by atoms with E-state index >= 15 is 0 Å². The number of amides is 1. The summed E-state index contributed by atoms with van der Waals surface area (Å²) in [4.78, 5) is 20.2. The van der Waals surface area contributed by atoms with E-state index in [4.69, 9.17) is 0 Å². The number of aromatic nitrogens is 2. The molecule has 2 aromatic heterocycles. The lowest BCUT2D eigenvalue weighted by Gasteiger charge is -2.02. The first-order valence-electron chi connectivity index (χ1n) is 7.76. The highest BCUT2D eigenvalue weighted by molar-refractivity contribution is 9.10. The molecular formula is C19H14BrN3OS. The van der Waals surface area contributed by atoms with E-state index < -0.39 is 0 Å². The Hall–Kier alpha value is -2.44. The molecule has 4 rings (SSSR count). The summed E-state index contributed by atoms with van der Waals surface area (Å²) in [6.45, 7) is 0.393. The minimum atomic E-state index is -0.155. The van der Waals surface area contributed by atoms with E-state index in [0.717, 1.165) is 31.6 Å². The molecule has 0 radical (unpaired) electrons. The van der Waals surface area contributed by atoms with E-state index in [2.05, 4.69) is 31.2 Å². The van der Waals surface area contributed by atoms with Crippen molar-refractivity contribution in [2.75, 3.05) is 0 Å². The lowest BCUT2D eigenvalue weighted by Crippen LogP contribution is -2.23. The Morgan fingerprint density at radius 1 is 1.12 bits per heavy atom. The number of halogens is 1. The van der Waals surface area contributed by atoms with Crippen LogP contribution in [0.25, 0.3) is 21.5 Å². The number of hydrogen-bond acceptors (Lipinski definition) is 3. The molecule has 0 saturated carbocycles. The first-order valence-corrected chi connectivity index (χ1v) is 9.44. The Labute approximate surface area is 157 Å². The molecule has 4 aromatic rings. The van der Waals surface area contributed by atoms with Crippen molar-refractivity contribution in [1.29, 1.82) is 0 Å². The molecule has 0 fully saturated rings. The van der Waals surface area contributed by atoms with E-state index in [9.17, 15) is 4.79 Å². The molecule has 4 nitrogen and oxygen atoms in total. The average molecular weight is 412 g/mol. The van der Waals surface area contributed by atoms with Crippen LogP contribution in [0.3, 0.4) is 0 Å². The number of carbonyl (C=O) groups excluding carboxylic acids is 1. The quantitative estimate of drug-likeness (QED) is 0.497. The molecule has 124 valence electrons. The third-order valence-electron chi connectivity index (χ3n) is 3.87. The fraction of sp³-hybridized carbons (Fsp3) is 0.0526. The topological polar surface area (TPSA) is 57.8 Å². The molecule has 0 spiro atoms. The number of H-pyrrole nitrogens is 1. The molecule has 2 heterocycles. The van der Waals surface area contributed by atoms with Crippen molar-refractivity contribution >= 4 is 44.1 Å². The summed E-state index contributed by atoms with van der Waals surface area (Å²) >= 11 is 5.09. The number of para-hydroxylation sites is 1. The third kappa shape index (κ3) is 3.23. The Morgan fingerprint density at radius 2 is 1.88 bits per heavy atom. The number of carbonyl (C=O) groups is 1. The smallest absolute Gasteiger partial charge is 0.269 e. The maximum Gasteiger partial charge on any atom is 0.269 e. The first-order chi connectivity index (χ1) is 12.2. The zero-order valence-electron chi connectivity index (χ0n) is 13.1. The van der Waals surface area contributed by atoms with Gasteiger partial charge in [-0.25, -0.2) is 4.98 Å². The van der Waals surface area contributed by atoms with Crippen LogP contribution in [0.5, 0.6) is 0 Å². The van der Waals surface area contributed by atoms with Gasteiger partial charge in [0.05, 0.1) is 16.7 Å². The molecule has 0 aliphatic rings. The van der Waals surface area contributed by atoms with Gasteiger partial charge in [0.2, 0.25) is 0 Å². The van der Waals surface area contributed by atoms with Gasteiger partial charge in [0.15, 0.2) is 0 Å². The summed E-state index contributed by atoms with van der Waals surface area (Å²) in [7, 11) is 0. The number of nitrogens with zero attached hydrogens (tertiary/aromatic N) is 1. The fourth-order valence-corrected chi connectivity index (χ4v) is 4.08. The molecular weight excluding hydrogens is 398 g/mol. The van der Waals surface area contributed by atoms with Crippen molar-refractivity contribution in [2.45, 2.75) is 6.54 Å². The average Bonchev–Trinajstić information content (AvgIpc) is 3.26. The number of aromatic amines is 1. The SMILES string of the molecule is O=C(NCc1csc(-c2ccccc2)n1)c1[nH]c2ccccc2c1Br. The summed E-state index contributed by atoms with van der Waals surface area (Å²) in [5, 5.41) is 6.85. The maximum atomic E-state index is 12.5. The molecule has 6 heteroatoms. The lowest BCUT2D eigenvalue weighted by atomic mass is 10.2. The molecule has 0 aliphatic heterocycles. The number of benzene rings is 2. The van der Waals surface area contributed by atoms with Crippen molar-refractivity contribution in [1.82, 2.24) is 15.3 Å². The number of rotatable bonds is 4. The van der Waals surface area contributed by atoms with Crippen LogP contribution in [0.4, 0.5) is 0 Å². The summed E-state index contributed by atoms with van der Waals surface area (Å²) in [6, 6.07) is 17.8. The van der Waals surface area contributed by atoms with Crippen LogP contribution in [0.1, 0.15) is 16.2 Å². The van der Waals surface area contributed by atoms with E-state index in [1.165, 1.54) is 0 Å². The second kappa shape index (κ2) is 6.82. The minimum Gasteiger partial charge on any atom is -0.350 e. The van der Waals surface area contributed by atoms with Gasteiger partial charge in [-0.3, -0.25) is 4.79 Å². The summed E-state index contributed by atoms with van der Waals surface area (Å²) in [5.74, 6) is -0.155. The van der Waals surface area contributed by atoms with Crippen LogP contribution in [-0.2, 0) is 6.54 Å². The standard InChI is InChI=1S/C19H14BrN3OS/c20-16-14-8-4-5-9-15(14)23-17(16)18(24)21-10-13-11-25-19(22-13)12-6-2-1-3-7-12/h1-9,11,23H,10H2,(H,21,24). The van der Waals surface area contributed by atoms with Crippen molar-refractivity contribution in [2.24, 2.45) is 0 Å². The fourth-order valence-electron chi connectivity index (χ4n) is 2.62. The molecule has 25 heavy (non-hydrogen) atoms. The molecule has 2 aromatic carbocycles. The summed E-state index contributed by atoms with van der Waals surface area (Å²) in [6.07, 6.45) is 0. The predicted octanol–water partition coefficient (Wildman–Crippen LogP) is 4.98. The highest BCUT2D eigenvalue weighted by atomic mass is 79.9. The zero-order chi connectivity index (χ0) is 17.2. The lowest BCUT2D eigenvalue weighted by molar-refractivity contribution is 0.0945. The second-order valence-corrected chi connectivity index (χ2v) is 7.20. The van der Waals surface area contributed by atoms with E-state index in [-0.39, 0.29) is 5.91 Å². The van der Waals surface area contributed by atoms with Gasteiger partial charge in [-0.1, -0.05) is 48.5 Å². The van der Waals surface area contributed by atoms with Crippen molar-refractivity contribution in [3.8, 4) is 10.6 Å². The molecule has 0 atom stereocenters. The number of nitrogens with one attached hydrogen (secondary N) is 2. The molecule has 0 bridgehead atoms. The zero-order valence-corrected chi connectivity index (χ0v) is 15.5. The predicted molar refractivity (Wildman–Crippen MR) is 105 cm³/mol. The Morgan fingerprint density at radius 3 is 2.68 bits per heavy atom. The van der Waals surface area contributed by atoms with Gasteiger partial charge in [0.25, 0.3) is 5.91 Å². The first kappa shape index (κ1) is 16.1. The van der Waals surface area contributed by atoms with Gasteiger partial charge >= 0.3 is 0 Å². The molecule has 1 amide bonds. The minimum absolute atomic E-state index is 0.155. The normalized spacial score (nSPS) is 10.9. The van der Waals surface area contributed by atoms with Gasteiger partial charge in [0.1, 0.15) is 10.7 Å². The van der Waals surface area contributed by atoms with Crippen molar-refractivity contribution in [3.05, 3.63) is 75.8 Å². The van der Waals surface area contributed by atoms with E-state index in [1.54, 1.807) is 11.3 Å². The van der Waals surface area contributed by atoms with Crippen LogP contribution < -0.4 is 5.32 Å². The van der Waals surface area contributed by atoms with Gasteiger partial charge in [-0.2, -0.15) is 0 Å². The highest BCUT2D eigenvalue weighted by Crippen LogP contribution is 2.28. The Balaban J connectivity index is 1.48. The van der Waals surface area contributed by atoms with Crippen molar-refractivity contribution < 1.29 is 4.79 Å². The van der Waals surface area contributed by atoms with Crippen LogP contribution in [0, 0.1) is 0 Å². The van der Waals surface area contributed by atoms with Crippen LogP contribution >= 0.6 is 27.3 Å². The summed E-state index contributed by atoms with van der Waals surface area (Å²) < 4.78 is 0.781.